The van der Waals surface area contributed by atoms with Crippen molar-refractivity contribution >= 4 is 11.4 Å². The van der Waals surface area contributed by atoms with Crippen LogP contribution in [0, 0.1) is 11.6 Å². The van der Waals surface area contributed by atoms with Crippen LogP contribution in [-0.4, -0.2) is 38.1 Å². The highest BCUT2D eigenvalue weighted by atomic mass is 19.1. The van der Waals surface area contributed by atoms with Crippen LogP contribution in [0.3, 0.4) is 0 Å². The largest absolute Gasteiger partial charge is 0.399 e. The van der Waals surface area contributed by atoms with Gasteiger partial charge < -0.3 is 15.5 Å². The Labute approximate surface area is 106 Å². The Balaban J connectivity index is 2.30. The third-order valence-corrected chi connectivity index (χ3v) is 3.28. The van der Waals surface area contributed by atoms with E-state index >= 15 is 0 Å². The summed E-state index contributed by atoms with van der Waals surface area (Å²) >= 11 is 0. The van der Waals surface area contributed by atoms with Gasteiger partial charge in [0.2, 0.25) is 0 Å². The predicted octanol–water partition coefficient (Wildman–Crippen LogP) is 2.08. The SMILES string of the molecule is CN(C)CC1CCCN1c1c(F)cc(N)cc1F. The number of nitrogen functional groups attached to an aromatic ring is 1. The van der Waals surface area contributed by atoms with Gasteiger partial charge in [-0.3, -0.25) is 0 Å². The van der Waals surface area contributed by atoms with E-state index in [1.54, 1.807) is 0 Å². The summed E-state index contributed by atoms with van der Waals surface area (Å²) in [5.74, 6) is -1.14. The van der Waals surface area contributed by atoms with Crippen LogP contribution in [0.1, 0.15) is 12.8 Å². The normalized spacial score (nSPS) is 19.8. The Morgan fingerprint density at radius 3 is 2.50 bits per heavy atom. The quantitative estimate of drug-likeness (QED) is 0.839. The van der Waals surface area contributed by atoms with Crippen LogP contribution in [0.25, 0.3) is 0 Å². The second-order valence-corrected chi connectivity index (χ2v) is 5.08. The molecule has 1 aromatic carbocycles. The smallest absolute Gasteiger partial charge is 0.151 e. The highest BCUT2D eigenvalue weighted by molar-refractivity contribution is 5.57. The first-order valence-corrected chi connectivity index (χ1v) is 6.15. The minimum Gasteiger partial charge on any atom is -0.399 e. The van der Waals surface area contributed by atoms with Crippen molar-refractivity contribution in [2.24, 2.45) is 0 Å². The number of hydrogen-bond donors (Lipinski definition) is 1. The van der Waals surface area contributed by atoms with Gasteiger partial charge in [-0.15, -0.1) is 0 Å². The number of likely N-dealkylation sites (N-methyl/N-ethyl adjacent to an activating group) is 1. The molecule has 1 aromatic rings. The predicted molar refractivity (Wildman–Crippen MR) is 69.7 cm³/mol. The topological polar surface area (TPSA) is 32.5 Å². The van der Waals surface area contributed by atoms with Crippen LogP contribution in [0.2, 0.25) is 0 Å². The van der Waals surface area contributed by atoms with Crippen molar-refractivity contribution in [1.82, 2.24) is 4.90 Å². The average Bonchev–Trinajstić information content (AvgIpc) is 2.63. The number of hydrogen-bond acceptors (Lipinski definition) is 3. The molecule has 1 heterocycles. The van der Waals surface area contributed by atoms with Gasteiger partial charge in [0.15, 0.2) is 11.6 Å². The lowest BCUT2D eigenvalue weighted by Gasteiger charge is -2.29. The molecule has 3 nitrogen and oxygen atoms in total. The Hall–Kier alpha value is -1.36. The van der Waals surface area contributed by atoms with E-state index < -0.39 is 11.6 Å². The molecule has 0 amide bonds. The van der Waals surface area contributed by atoms with E-state index in [9.17, 15) is 8.78 Å². The van der Waals surface area contributed by atoms with Gasteiger partial charge >= 0.3 is 0 Å². The molecule has 5 heteroatoms. The highest BCUT2D eigenvalue weighted by Crippen LogP contribution is 2.32. The summed E-state index contributed by atoms with van der Waals surface area (Å²) in [5.41, 5.74) is 5.62. The number of benzene rings is 1. The van der Waals surface area contributed by atoms with Gasteiger partial charge in [-0.05, 0) is 39.1 Å². The van der Waals surface area contributed by atoms with Crippen molar-refractivity contribution in [3.05, 3.63) is 23.8 Å². The molecule has 100 valence electrons. The van der Waals surface area contributed by atoms with E-state index in [-0.39, 0.29) is 17.4 Å². The van der Waals surface area contributed by atoms with Gasteiger partial charge in [-0.1, -0.05) is 0 Å². The number of nitrogens with zero attached hydrogens (tertiary/aromatic N) is 2. The molecule has 18 heavy (non-hydrogen) atoms. The molecule has 0 aromatic heterocycles. The first-order chi connectivity index (χ1) is 8.49. The average molecular weight is 255 g/mol. The number of nitrogens with two attached hydrogens (primary N) is 1. The summed E-state index contributed by atoms with van der Waals surface area (Å²) in [4.78, 5) is 3.86. The Bertz CT molecular complexity index is 411. The zero-order chi connectivity index (χ0) is 13.3. The summed E-state index contributed by atoms with van der Waals surface area (Å²) in [6, 6.07) is 2.53. The lowest BCUT2D eigenvalue weighted by atomic mass is 10.2. The molecular weight excluding hydrogens is 236 g/mol. The molecule has 1 aliphatic heterocycles. The maximum absolute atomic E-state index is 13.9. The van der Waals surface area contributed by atoms with E-state index in [1.165, 1.54) is 12.1 Å². The standard InChI is InChI=1S/C13H19F2N3/c1-17(2)8-10-4-3-5-18(10)13-11(14)6-9(16)7-12(13)15/h6-7,10H,3-5,8,16H2,1-2H3. The van der Waals surface area contributed by atoms with Gasteiger partial charge in [0.05, 0.1) is 0 Å². The van der Waals surface area contributed by atoms with Crippen molar-refractivity contribution in [3.8, 4) is 0 Å². The van der Waals surface area contributed by atoms with Crippen LogP contribution >= 0.6 is 0 Å². The Kier molecular flexibility index (Phi) is 3.71. The summed E-state index contributed by atoms with van der Waals surface area (Å²) in [6.45, 7) is 1.49. The van der Waals surface area contributed by atoms with Crippen molar-refractivity contribution in [2.45, 2.75) is 18.9 Å². The summed E-state index contributed by atoms with van der Waals surface area (Å²) in [5, 5.41) is 0. The van der Waals surface area contributed by atoms with Gasteiger partial charge in [0, 0.05) is 24.8 Å². The van der Waals surface area contributed by atoms with E-state index in [0.29, 0.717) is 6.54 Å². The number of anilines is 2. The van der Waals surface area contributed by atoms with Crippen LogP contribution in [0.5, 0.6) is 0 Å². The zero-order valence-electron chi connectivity index (χ0n) is 10.8. The maximum atomic E-state index is 13.9. The van der Waals surface area contributed by atoms with Crippen LogP contribution in [0.15, 0.2) is 12.1 Å². The van der Waals surface area contributed by atoms with Crippen LogP contribution in [-0.2, 0) is 0 Å². The minimum absolute atomic E-state index is 0.0635. The molecular formula is C13H19F2N3. The second-order valence-electron chi connectivity index (χ2n) is 5.08. The number of halogens is 2. The first-order valence-electron chi connectivity index (χ1n) is 6.15. The molecule has 0 radical (unpaired) electrons. The van der Waals surface area contributed by atoms with Crippen molar-refractivity contribution < 1.29 is 8.78 Å². The van der Waals surface area contributed by atoms with Crippen molar-refractivity contribution in [1.29, 1.82) is 0 Å². The van der Waals surface area contributed by atoms with E-state index in [4.69, 9.17) is 5.73 Å². The van der Waals surface area contributed by atoms with Gasteiger partial charge in [-0.2, -0.15) is 0 Å². The summed E-state index contributed by atoms with van der Waals surface area (Å²) in [6.07, 6.45) is 1.92. The lowest BCUT2D eigenvalue weighted by molar-refractivity contribution is 0.370. The Morgan fingerprint density at radius 2 is 1.94 bits per heavy atom. The Morgan fingerprint density at radius 1 is 1.33 bits per heavy atom. The highest BCUT2D eigenvalue weighted by Gasteiger charge is 2.29. The fourth-order valence-corrected chi connectivity index (χ4v) is 2.60. The van der Waals surface area contributed by atoms with E-state index in [1.807, 2.05) is 23.9 Å². The summed E-state index contributed by atoms with van der Waals surface area (Å²) < 4.78 is 27.8. The molecule has 2 rings (SSSR count). The molecule has 0 spiro atoms. The molecule has 1 atom stereocenters. The monoisotopic (exact) mass is 255 g/mol. The van der Waals surface area contributed by atoms with Crippen LogP contribution in [0.4, 0.5) is 20.2 Å². The molecule has 1 aliphatic rings. The fraction of sp³-hybridized carbons (Fsp3) is 0.538. The van der Waals surface area contributed by atoms with Gasteiger partial charge in [-0.25, -0.2) is 8.78 Å². The fourth-order valence-electron chi connectivity index (χ4n) is 2.60. The van der Waals surface area contributed by atoms with Crippen LogP contribution < -0.4 is 10.6 Å². The maximum Gasteiger partial charge on any atom is 0.151 e. The first kappa shape index (κ1) is 13.1. The summed E-state index contributed by atoms with van der Waals surface area (Å²) in [7, 11) is 3.93. The molecule has 0 bridgehead atoms. The molecule has 1 saturated heterocycles. The molecule has 0 saturated carbocycles. The molecule has 2 N–H and O–H groups in total. The number of rotatable bonds is 3. The third kappa shape index (κ3) is 2.56. The molecule has 1 unspecified atom stereocenters. The zero-order valence-corrected chi connectivity index (χ0v) is 10.8. The lowest BCUT2D eigenvalue weighted by Crippen LogP contribution is -2.38. The van der Waals surface area contributed by atoms with Crippen molar-refractivity contribution in [2.75, 3.05) is 37.8 Å². The van der Waals surface area contributed by atoms with Gasteiger partial charge in [0.25, 0.3) is 0 Å². The molecule has 0 aliphatic carbocycles. The van der Waals surface area contributed by atoms with E-state index in [0.717, 1.165) is 19.4 Å². The second kappa shape index (κ2) is 5.10. The van der Waals surface area contributed by atoms with E-state index in [2.05, 4.69) is 0 Å². The van der Waals surface area contributed by atoms with Crippen molar-refractivity contribution in [3.63, 3.8) is 0 Å². The molecule has 1 fully saturated rings. The minimum atomic E-state index is -0.571. The van der Waals surface area contributed by atoms with Gasteiger partial charge in [0.1, 0.15) is 5.69 Å². The third-order valence-electron chi connectivity index (χ3n) is 3.28.